The molecule has 1 unspecified atom stereocenters. The molecule has 0 saturated heterocycles. The van der Waals surface area contributed by atoms with Crippen molar-refractivity contribution in [1.29, 1.82) is 0 Å². The zero-order valence-corrected chi connectivity index (χ0v) is 10.9. The lowest BCUT2D eigenvalue weighted by atomic mass is 10.0. The van der Waals surface area contributed by atoms with Gasteiger partial charge in [-0.3, -0.25) is 0 Å². The quantitative estimate of drug-likeness (QED) is 0.869. The molecule has 0 aliphatic carbocycles. The highest BCUT2D eigenvalue weighted by Gasteiger charge is 2.15. The van der Waals surface area contributed by atoms with Crippen molar-refractivity contribution in [3.05, 3.63) is 56.7 Å². The van der Waals surface area contributed by atoms with Gasteiger partial charge in [0.25, 0.3) is 0 Å². The van der Waals surface area contributed by atoms with Gasteiger partial charge in [-0.05, 0) is 48.7 Å². The molecule has 0 aliphatic rings. The molecule has 2 rings (SSSR count). The van der Waals surface area contributed by atoms with Crippen LogP contribution in [0.25, 0.3) is 0 Å². The number of nitrogens with one attached hydrogen (secondary N) is 1. The third-order valence-electron chi connectivity index (χ3n) is 2.67. The van der Waals surface area contributed by atoms with Crippen molar-refractivity contribution < 1.29 is 0 Å². The Hall–Kier alpha value is -0.830. The molecule has 2 aromatic rings. The Labute approximate surface area is 105 Å². The Morgan fingerprint density at radius 1 is 1.31 bits per heavy atom. The SMILES string of the molecule is CNC(c1cccs1)c1cc(Cl)ccc1C. The second-order valence-corrected chi connectivity index (χ2v) is 5.15. The van der Waals surface area contributed by atoms with Crippen LogP contribution in [0.15, 0.2) is 35.7 Å². The summed E-state index contributed by atoms with van der Waals surface area (Å²) in [4.78, 5) is 1.31. The van der Waals surface area contributed by atoms with Gasteiger partial charge in [0, 0.05) is 9.90 Å². The van der Waals surface area contributed by atoms with Crippen molar-refractivity contribution in [3.63, 3.8) is 0 Å². The molecule has 1 aromatic carbocycles. The number of hydrogen-bond acceptors (Lipinski definition) is 2. The van der Waals surface area contributed by atoms with Gasteiger partial charge < -0.3 is 5.32 Å². The second-order valence-electron chi connectivity index (χ2n) is 3.74. The molecule has 0 amide bonds. The van der Waals surface area contributed by atoms with Gasteiger partial charge in [-0.25, -0.2) is 0 Å². The number of rotatable bonds is 3. The Bertz CT molecular complexity index is 465. The molecular formula is C13H14ClNS. The maximum absolute atomic E-state index is 6.05. The van der Waals surface area contributed by atoms with Crippen molar-refractivity contribution in [1.82, 2.24) is 5.32 Å². The highest BCUT2D eigenvalue weighted by atomic mass is 35.5. The zero-order chi connectivity index (χ0) is 11.5. The monoisotopic (exact) mass is 251 g/mol. The molecule has 0 spiro atoms. The lowest BCUT2D eigenvalue weighted by Crippen LogP contribution is -2.17. The predicted molar refractivity (Wildman–Crippen MR) is 71.4 cm³/mol. The van der Waals surface area contributed by atoms with Crippen molar-refractivity contribution in [2.75, 3.05) is 7.05 Å². The Morgan fingerprint density at radius 3 is 2.75 bits per heavy atom. The number of hydrogen-bond donors (Lipinski definition) is 1. The van der Waals surface area contributed by atoms with Gasteiger partial charge in [-0.15, -0.1) is 11.3 Å². The summed E-state index contributed by atoms with van der Waals surface area (Å²) >= 11 is 7.81. The minimum atomic E-state index is 0.235. The van der Waals surface area contributed by atoms with Gasteiger partial charge in [0.05, 0.1) is 6.04 Å². The average Bonchev–Trinajstić information content (AvgIpc) is 2.78. The maximum atomic E-state index is 6.05. The molecule has 0 saturated carbocycles. The van der Waals surface area contributed by atoms with Crippen LogP contribution in [0.5, 0.6) is 0 Å². The standard InChI is InChI=1S/C13H14ClNS/c1-9-5-6-10(14)8-11(9)13(15-2)12-4-3-7-16-12/h3-8,13,15H,1-2H3. The van der Waals surface area contributed by atoms with E-state index in [1.807, 2.05) is 19.2 Å². The molecule has 0 fully saturated rings. The molecule has 16 heavy (non-hydrogen) atoms. The van der Waals surface area contributed by atoms with Crippen LogP contribution < -0.4 is 5.32 Å². The maximum Gasteiger partial charge on any atom is 0.0671 e. The second kappa shape index (κ2) is 5.00. The molecule has 1 atom stereocenters. The van der Waals surface area contributed by atoms with Crippen LogP contribution in [-0.2, 0) is 0 Å². The number of aryl methyl sites for hydroxylation is 1. The van der Waals surface area contributed by atoms with E-state index in [0.29, 0.717) is 0 Å². The topological polar surface area (TPSA) is 12.0 Å². The number of benzene rings is 1. The first kappa shape index (κ1) is 11.6. The Kier molecular flexibility index (Phi) is 3.64. The predicted octanol–water partition coefficient (Wildman–Crippen LogP) is 4.02. The summed E-state index contributed by atoms with van der Waals surface area (Å²) in [7, 11) is 1.98. The third kappa shape index (κ3) is 2.29. The van der Waals surface area contributed by atoms with Gasteiger partial charge in [-0.2, -0.15) is 0 Å². The van der Waals surface area contributed by atoms with Gasteiger partial charge in [-0.1, -0.05) is 23.7 Å². The molecule has 84 valence electrons. The van der Waals surface area contributed by atoms with E-state index in [0.717, 1.165) is 5.02 Å². The summed E-state index contributed by atoms with van der Waals surface area (Å²) in [6.07, 6.45) is 0. The van der Waals surface area contributed by atoms with Crippen LogP contribution in [0.2, 0.25) is 5.02 Å². The molecule has 0 aliphatic heterocycles. The van der Waals surface area contributed by atoms with Crippen molar-refractivity contribution in [2.45, 2.75) is 13.0 Å². The smallest absolute Gasteiger partial charge is 0.0671 e. The normalized spacial score (nSPS) is 12.7. The van der Waals surface area contributed by atoms with Crippen LogP contribution >= 0.6 is 22.9 Å². The van der Waals surface area contributed by atoms with Gasteiger partial charge in [0.2, 0.25) is 0 Å². The van der Waals surface area contributed by atoms with E-state index in [1.54, 1.807) is 11.3 Å². The Balaban J connectivity index is 2.44. The van der Waals surface area contributed by atoms with Crippen LogP contribution in [0.3, 0.4) is 0 Å². The highest BCUT2D eigenvalue weighted by Crippen LogP contribution is 2.29. The summed E-state index contributed by atoms with van der Waals surface area (Å²) in [6, 6.07) is 10.5. The largest absolute Gasteiger partial charge is 0.309 e. The van der Waals surface area contributed by atoms with Crippen molar-refractivity contribution >= 4 is 22.9 Å². The van der Waals surface area contributed by atoms with E-state index >= 15 is 0 Å². The zero-order valence-electron chi connectivity index (χ0n) is 9.33. The summed E-state index contributed by atoms with van der Waals surface area (Å²) in [5.41, 5.74) is 2.51. The molecular weight excluding hydrogens is 238 g/mol. The molecule has 1 aromatic heterocycles. The number of thiophene rings is 1. The van der Waals surface area contributed by atoms with Crippen LogP contribution in [0.4, 0.5) is 0 Å². The summed E-state index contributed by atoms with van der Waals surface area (Å²) in [5, 5.41) is 6.23. The van der Waals surface area contributed by atoms with Crippen LogP contribution in [0.1, 0.15) is 22.0 Å². The first-order chi connectivity index (χ1) is 7.72. The lowest BCUT2D eigenvalue weighted by Gasteiger charge is -2.17. The lowest BCUT2D eigenvalue weighted by molar-refractivity contribution is 0.699. The fraction of sp³-hybridized carbons (Fsp3) is 0.231. The molecule has 1 N–H and O–H groups in total. The van der Waals surface area contributed by atoms with E-state index < -0.39 is 0 Å². The van der Waals surface area contributed by atoms with E-state index in [-0.39, 0.29) is 6.04 Å². The molecule has 0 bridgehead atoms. The Morgan fingerprint density at radius 2 is 2.12 bits per heavy atom. The van der Waals surface area contributed by atoms with Crippen molar-refractivity contribution in [3.8, 4) is 0 Å². The van der Waals surface area contributed by atoms with Crippen LogP contribution in [0, 0.1) is 6.92 Å². The number of halogens is 1. The summed E-state index contributed by atoms with van der Waals surface area (Å²) in [6.45, 7) is 2.11. The van der Waals surface area contributed by atoms with Crippen LogP contribution in [-0.4, -0.2) is 7.05 Å². The minimum absolute atomic E-state index is 0.235. The molecule has 1 heterocycles. The fourth-order valence-electron chi connectivity index (χ4n) is 1.83. The van der Waals surface area contributed by atoms with Gasteiger partial charge in [0.15, 0.2) is 0 Å². The van der Waals surface area contributed by atoms with E-state index in [4.69, 9.17) is 11.6 Å². The average molecular weight is 252 g/mol. The molecule has 3 heteroatoms. The first-order valence-electron chi connectivity index (χ1n) is 5.19. The van der Waals surface area contributed by atoms with Gasteiger partial charge >= 0.3 is 0 Å². The molecule has 0 radical (unpaired) electrons. The highest BCUT2D eigenvalue weighted by molar-refractivity contribution is 7.10. The third-order valence-corrected chi connectivity index (χ3v) is 3.84. The van der Waals surface area contributed by atoms with E-state index in [2.05, 4.69) is 35.8 Å². The minimum Gasteiger partial charge on any atom is -0.309 e. The molecule has 1 nitrogen and oxygen atoms in total. The van der Waals surface area contributed by atoms with Crippen molar-refractivity contribution in [2.24, 2.45) is 0 Å². The van der Waals surface area contributed by atoms with Gasteiger partial charge in [0.1, 0.15) is 0 Å². The fourth-order valence-corrected chi connectivity index (χ4v) is 2.86. The first-order valence-corrected chi connectivity index (χ1v) is 6.45. The summed E-state index contributed by atoms with van der Waals surface area (Å²) in [5.74, 6) is 0. The van der Waals surface area contributed by atoms with E-state index in [9.17, 15) is 0 Å². The van der Waals surface area contributed by atoms with E-state index in [1.165, 1.54) is 16.0 Å². The summed E-state index contributed by atoms with van der Waals surface area (Å²) < 4.78 is 0.